The Hall–Kier alpha value is -3.26. The number of anilines is 2. The quantitative estimate of drug-likeness (QED) is 0.544. The van der Waals surface area contributed by atoms with E-state index in [1.165, 1.54) is 6.07 Å². The number of ether oxygens (including phenoxy) is 1. The minimum absolute atomic E-state index is 0.00305. The highest BCUT2D eigenvalue weighted by atomic mass is 35.5. The molecule has 1 aromatic heterocycles. The van der Waals surface area contributed by atoms with Crippen LogP contribution >= 0.6 is 11.6 Å². The van der Waals surface area contributed by atoms with Crippen molar-refractivity contribution in [2.24, 2.45) is 0 Å². The van der Waals surface area contributed by atoms with E-state index in [0.717, 1.165) is 12.1 Å². The second kappa shape index (κ2) is 8.83. The molecule has 2 N–H and O–H groups in total. The molecule has 0 saturated heterocycles. The number of alkyl halides is 3. The highest BCUT2D eigenvalue weighted by molar-refractivity contribution is 6.31. The van der Waals surface area contributed by atoms with E-state index in [1.807, 2.05) is 0 Å². The molecule has 0 atom stereocenters. The number of pyridine rings is 1. The number of amides is 1. The molecule has 9 heteroatoms. The van der Waals surface area contributed by atoms with Crippen molar-refractivity contribution in [2.45, 2.75) is 6.18 Å². The van der Waals surface area contributed by atoms with Crippen LogP contribution in [0.25, 0.3) is 0 Å². The lowest BCUT2D eigenvalue weighted by Crippen LogP contribution is -2.22. The Kier molecular flexibility index (Phi) is 6.23. The fourth-order valence-corrected chi connectivity index (χ4v) is 2.64. The summed E-state index contributed by atoms with van der Waals surface area (Å²) in [6.45, 7) is -0.150. The van der Waals surface area contributed by atoms with Crippen LogP contribution in [0.3, 0.4) is 0 Å². The number of carbonyl (C=O) groups excluding carboxylic acids is 1. The molecule has 0 unspecified atom stereocenters. The third kappa shape index (κ3) is 5.86. The van der Waals surface area contributed by atoms with Gasteiger partial charge in [-0.25, -0.2) is 0 Å². The molecular weight excluding hydrogens is 407 g/mol. The number of carbonyl (C=O) groups is 1. The van der Waals surface area contributed by atoms with Gasteiger partial charge in [0.1, 0.15) is 11.5 Å². The summed E-state index contributed by atoms with van der Waals surface area (Å²) in [5.41, 5.74) is -0.395. The fraction of sp³-hybridized carbons (Fsp3) is 0.100. The highest BCUT2D eigenvalue weighted by Gasteiger charge is 2.33. The summed E-state index contributed by atoms with van der Waals surface area (Å²) in [5, 5.41) is 4.87. The average molecular weight is 422 g/mol. The van der Waals surface area contributed by atoms with E-state index in [4.69, 9.17) is 16.3 Å². The average Bonchev–Trinajstić information content (AvgIpc) is 2.68. The summed E-state index contributed by atoms with van der Waals surface area (Å²) < 4.78 is 44.4. The maximum atomic E-state index is 12.9. The van der Waals surface area contributed by atoms with Crippen molar-refractivity contribution in [2.75, 3.05) is 17.2 Å². The maximum Gasteiger partial charge on any atom is 0.417 e. The lowest BCUT2D eigenvalue weighted by Gasteiger charge is -2.12. The molecule has 0 fully saturated rings. The number of nitrogens with zero attached hydrogens (tertiary/aromatic N) is 1. The van der Waals surface area contributed by atoms with E-state index in [9.17, 15) is 18.0 Å². The van der Waals surface area contributed by atoms with Crippen LogP contribution in [0.4, 0.5) is 24.5 Å². The van der Waals surface area contributed by atoms with Crippen molar-refractivity contribution in [1.29, 1.82) is 0 Å². The van der Waals surface area contributed by atoms with E-state index < -0.39 is 22.7 Å². The zero-order chi connectivity index (χ0) is 20.9. The van der Waals surface area contributed by atoms with Crippen LogP contribution in [0, 0.1) is 0 Å². The van der Waals surface area contributed by atoms with Gasteiger partial charge in [0.25, 0.3) is 0 Å². The van der Waals surface area contributed by atoms with Crippen molar-refractivity contribution in [3.8, 4) is 11.5 Å². The van der Waals surface area contributed by atoms with Gasteiger partial charge >= 0.3 is 6.18 Å². The smallest absolute Gasteiger partial charge is 0.417 e. The first kappa shape index (κ1) is 20.5. The Morgan fingerprint density at radius 3 is 2.48 bits per heavy atom. The molecule has 1 heterocycles. The third-order valence-corrected chi connectivity index (χ3v) is 4.06. The number of halogens is 4. The molecular formula is C20H15ClF3N3O2. The summed E-state index contributed by atoms with van der Waals surface area (Å²) >= 11 is 5.57. The van der Waals surface area contributed by atoms with E-state index >= 15 is 0 Å². The van der Waals surface area contributed by atoms with Crippen molar-refractivity contribution in [1.82, 2.24) is 4.98 Å². The SMILES string of the molecule is O=C(CNc1cccc(Oc2ccncc2)c1)Nc1ccc(Cl)c(C(F)(F)F)c1. The van der Waals surface area contributed by atoms with E-state index in [1.54, 1.807) is 48.8 Å². The molecule has 29 heavy (non-hydrogen) atoms. The Morgan fingerprint density at radius 2 is 1.76 bits per heavy atom. The molecule has 150 valence electrons. The van der Waals surface area contributed by atoms with E-state index in [2.05, 4.69) is 15.6 Å². The number of aromatic nitrogens is 1. The first-order valence-corrected chi connectivity index (χ1v) is 8.77. The summed E-state index contributed by atoms with van der Waals surface area (Å²) in [6.07, 6.45) is -1.41. The van der Waals surface area contributed by atoms with Crippen LogP contribution in [0.1, 0.15) is 5.56 Å². The molecule has 0 radical (unpaired) electrons. The summed E-state index contributed by atoms with van der Waals surface area (Å²) in [4.78, 5) is 16.0. The van der Waals surface area contributed by atoms with Crippen molar-refractivity contribution in [3.05, 3.63) is 77.6 Å². The summed E-state index contributed by atoms with van der Waals surface area (Å²) in [7, 11) is 0. The molecule has 3 rings (SSSR count). The predicted molar refractivity (Wildman–Crippen MR) is 104 cm³/mol. The Morgan fingerprint density at radius 1 is 1.00 bits per heavy atom. The monoisotopic (exact) mass is 421 g/mol. The molecule has 0 aliphatic rings. The number of benzene rings is 2. The van der Waals surface area contributed by atoms with Gasteiger partial charge < -0.3 is 15.4 Å². The van der Waals surface area contributed by atoms with Gasteiger partial charge in [-0.3, -0.25) is 9.78 Å². The molecule has 0 spiro atoms. The molecule has 0 bridgehead atoms. The normalized spacial score (nSPS) is 11.0. The summed E-state index contributed by atoms with van der Waals surface area (Å²) in [6, 6.07) is 13.5. The Labute approximate surface area is 169 Å². The molecule has 0 aliphatic heterocycles. The largest absolute Gasteiger partial charge is 0.457 e. The standard InChI is InChI=1S/C20H15ClF3N3O2/c21-18-5-4-14(11-17(18)20(22,23)24)27-19(28)12-26-13-2-1-3-16(10-13)29-15-6-8-25-9-7-15/h1-11,26H,12H2,(H,27,28). The van der Waals surface area contributed by atoms with Crippen LogP contribution in [0.5, 0.6) is 11.5 Å². The van der Waals surface area contributed by atoms with Crippen LogP contribution in [0.15, 0.2) is 67.0 Å². The number of rotatable bonds is 6. The summed E-state index contributed by atoms with van der Waals surface area (Å²) in [5.74, 6) is 0.646. The van der Waals surface area contributed by atoms with Gasteiger partial charge in [0.15, 0.2) is 0 Å². The van der Waals surface area contributed by atoms with Gasteiger partial charge in [0.2, 0.25) is 5.91 Å². The minimum Gasteiger partial charge on any atom is -0.457 e. The van der Waals surface area contributed by atoms with Gasteiger partial charge in [0.05, 0.1) is 17.1 Å². The van der Waals surface area contributed by atoms with Crippen molar-refractivity contribution in [3.63, 3.8) is 0 Å². The van der Waals surface area contributed by atoms with Gasteiger partial charge in [-0.1, -0.05) is 17.7 Å². The second-order valence-corrected chi connectivity index (χ2v) is 6.31. The predicted octanol–water partition coefficient (Wildman–Crippen LogP) is 5.60. The molecule has 0 aliphatic carbocycles. The molecule has 3 aromatic rings. The number of nitrogens with one attached hydrogen (secondary N) is 2. The van der Waals surface area contributed by atoms with Crippen molar-refractivity contribution < 1.29 is 22.7 Å². The van der Waals surface area contributed by atoms with Gasteiger partial charge in [0, 0.05) is 29.8 Å². The topological polar surface area (TPSA) is 63.2 Å². The van der Waals surface area contributed by atoms with Gasteiger partial charge in [-0.05, 0) is 42.5 Å². The first-order valence-electron chi connectivity index (χ1n) is 8.40. The van der Waals surface area contributed by atoms with Crippen LogP contribution in [-0.2, 0) is 11.0 Å². The maximum absolute atomic E-state index is 12.9. The first-order chi connectivity index (χ1) is 13.8. The zero-order valence-electron chi connectivity index (χ0n) is 14.8. The minimum atomic E-state index is -4.61. The third-order valence-electron chi connectivity index (χ3n) is 3.73. The Bertz CT molecular complexity index is 998. The highest BCUT2D eigenvalue weighted by Crippen LogP contribution is 2.36. The van der Waals surface area contributed by atoms with E-state index in [0.29, 0.717) is 17.2 Å². The van der Waals surface area contributed by atoms with Crippen LogP contribution < -0.4 is 15.4 Å². The van der Waals surface area contributed by atoms with Crippen LogP contribution in [-0.4, -0.2) is 17.4 Å². The van der Waals surface area contributed by atoms with Gasteiger partial charge in [-0.2, -0.15) is 13.2 Å². The number of hydrogen-bond acceptors (Lipinski definition) is 4. The fourth-order valence-electron chi connectivity index (χ4n) is 2.42. The molecule has 0 saturated carbocycles. The molecule has 1 amide bonds. The second-order valence-electron chi connectivity index (χ2n) is 5.91. The lowest BCUT2D eigenvalue weighted by molar-refractivity contribution is -0.137. The molecule has 5 nitrogen and oxygen atoms in total. The lowest BCUT2D eigenvalue weighted by atomic mass is 10.2. The number of hydrogen-bond donors (Lipinski definition) is 2. The Balaban J connectivity index is 1.59. The van der Waals surface area contributed by atoms with Crippen LogP contribution in [0.2, 0.25) is 5.02 Å². The van der Waals surface area contributed by atoms with E-state index in [-0.39, 0.29) is 12.2 Å². The van der Waals surface area contributed by atoms with Gasteiger partial charge in [-0.15, -0.1) is 0 Å². The van der Waals surface area contributed by atoms with Crippen molar-refractivity contribution >= 4 is 28.9 Å². The molecule has 2 aromatic carbocycles. The zero-order valence-corrected chi connectivity index (χ0v) is 15.6.